The van der Waals surface area contributed by atoms with Gasteiger partial charge in [0.1, 0.15) is 0 Å². The van der Waals surface area contributed by atoms with Gasteiger partial charge in [-0.15, -0.1) is 0 Å². The van der Waals surface area contributed by atoms with Crippen LogP contribution < -0.4 is 5.32 Å². The monoisotopic (exact) mass is 254 g/mol. The number of hydrogen-bond acceptors (Lipinski definition) is 3. The van der Waals surface area contributed by atoms with Crippen molar-refractivity contribution in [3.8, 4) is 0 Å². The molecule has 0 aromatic heterocycles. The average Bonchev–Trinajstić information content (AvgIpc) is 2.86. The number of ether oxygens (including phenoxy) is 1. The number of nitrogens with one attached hydrogen (secondary N) is 1. The maximum atomic E-state index is 12.4. The minimum absolute atomic E-state index is 0.0758. The summed E-state index contributed by atoms with van der Waals surface area (Å²) >= 11 is 0. The lowest BCUT2D eigenvalue weighted by Gasteiger charge is -2.55. The van der Waals surface area contributed by atoms with E-state index in [0.717, 1.165) is 32.5 Å². The average molecular weight is 254 g/mol. The van der Waals surface area contributed by atoms with Gasteiger partial charge in [-0.3, -0.25) is 4.79 Å². The predicted molar refractivity (Wildman–Crippen MR) is 71.3 cm³/mol. The first-order valence-electron chi connectivity index (χ1n) is 7.07. The minimum atomic E-state index is 0.0758. The van der Waals surface area contributed by atoms with Crippen molar-refractivity contribution in [3.05, 3.63) is 0 Å². The van der Waals surface area contributed by atoms with Crippen molar-refractivity contribution in [2.45, 2.75) is 45.8 Å². The zero-order valence-corrected chi connectivity index (χ0v) is 12.0. The molecule has 1 amide bonds. The zero-order valence-electron chi connectivity index (χ0n) is 12.0. The summed E-state index contributed by atoms with van der Waals surface area (Å²) in [6, 6.07) is 0.321. The fourth-order valence-electron chi connectivity index (χ4n) is 3.31. The Morgan fingerprint density at radius 1 is 1.50 bits per heavy atom. The molecule has 4 heteroatoms. The van der Waals surface area contributed by atoms with Crippen LogP contribution >= 0.6 is 0 Å². The van der Waals surface area contributed by atoms with Crippen molar-refractivity contribution in [2.75, 3.05) is 26.7 Å². The van der Waals surface area contributed by atoms with Gasteiger partial charge in [-0.2, -0.15) is 0 Å². The lowest BCUT2D eigenvalue weighted by atomic mass is 9.63. The standard InChI is InChI=1S/C14H26N2O2/c1-5-18-12-8-11(14(12,2)3)16(4)13(17)10-6-7-15-9-10/h10-12,15H,5-9H2,1-4H3/t10-,11-,12+/m0/s1. The van der Waals surface area contributed by atoms with E-state index in [0.29, 0.717) is 18.1 Å². The Bertz CT molecular complexity index is 311. The molecule has 0 radical (unpaired) electrons. The molecule has 2 fully saturated rings. The Labute approximate surface area is 110 Å². The van der Waals surface area contributed by atoms with Crippen molar-refractivity contribution in [1.82, 2.24) is 10.2 Å². The predicted octanol–water partition coefficient (Wildman–Crippen LogP) is 1.26. The van der Waals surface area contributed by atoms with Gasteiger partial charge in [-0.05, 0) is 26.3 Å². The third-order valence-corrected chi connectivity index (χ3v) is 4.72. The largest absolute Gasteiger partial charge is 0.378 e. The van der Waals surface area contributed by atoms with Gasteiger partial charge in [-0.25, -0.2) is 0 Å². The van der Waals surface area contributed by atoms with E-state index in [-0.39, 0.29) is 11.3 Å². The minimum Gasteiger partial charge on any atom is -0.378 e. The van der Waals surface area contributed by atoms with Crippen LogP contribution in [0.2, 0.25) is 0 Å². The summed E-state index contributed by atoms with van der Waals surface area (Å²) in [7, 11) is 1.95. The van der Waals surface area contributed by atoms with E-state index in [1.807, 2.05) is 18.9 Å². The molecule has 0 aromatic rings. The van der Waals surface area contributed by atoms with Crippen LogP contribution in [0.4, 0.5) is 0 Å². The van der Waals surface area contributed by atoms with Crippen LogP contribution in [-0.4, -0.2) is 49.7 Å². The second-order valence-electron chi connectivity index (χ2n) is 6.16. The molecule has 0 spiro atoms. The van der Waals surface area contributed by atoms with E-state index in [1.54, 1.807) is 0 Å². The molecule has 3 atom stereocenters. The summed E-state index contributed by atoms with van der Waals surface area (Å²) in [6.07, 6.45) is 2.25. The Hall–Kier alpha value is -0.610. The second kappa shape index (κ2) is 5.17. The maximum Gasteiger partial charge on any atom is 0.227 e. The van der Waals surface area contributed by atoms with Gasteiger partial charge in [0.05, 0.1) is 12.0 Å². The van der Waals surface area contributed by atoms with Gasteiger partial charge in [0.15, 0.2) is 0 Å². The summed E-state index contributed by atoms with van der Waals surface area (Å²) in [6.45, 7) is 9.01. The molecule has 0 aromatic carbocycles. The fourth-order valence-corrected chi connectivity index (χ4v) is 3.31. The molecule has 1 saturated heterocycles. The summed E-state index contributed by atoms with van der Waals surface area (Å²) in [5.41, 5.74) is 0.0758. The van der Waals surface area contributed by atoms with E-state index < -0.39 is 0 Å². The Morgan fingerprint density at radius 2 is 2.22 bits per heavy atom. The van der Waals surface area contributed by atoms with Gasteiger partial charge in [0.2, 0.25) is 5.91 Å². The smallest absolute Gasteiger partial charge is 0.227 e. The van der Waals surface area contributed by atoms with Gasteiger partial charge >= 0.3 is 0 Å². The van der Waals surface area contributed by atoms with Crippen molar-refractivity contribution >= 4 is 5.91 Å². The van der Waals surface area contributed by atoms with Crippen molar-refractivity contribution in [1.29, 1.82) is 0 Å². The lowest BCUT2D eigenvalue weighted by molar-refractivity contribution is -0.165. The Kier molecular flexibility index (Phi) is 3.97. The van der Waals surface area contributed by atoms with Crippen LogP contribution in [0.5, 0.6) is 0 Å². The molecule has 2 rings (SSSR count). The van der Waals surface area contributed by atoms with Crippen molar-refractivity contribution in [3.63, 3.8) is 0 Å². The fraction of sp³-hybridized carbons (Fsp3) is 0.929. The number of carbonyl (C=O) groups excluding carboxylic acids is 1. The van der Waals surface area contributed by atoms with E-state index in [2.05, 4.69) is 19.2 Å². The van der Waals surface area contributed by atoms with E-state index >= 15 is 0 Å². The van der Waals surface area contributed by atoms with E-state index in [9.17, 15) is 4.79 Å². The molecule has 1 aliphatic heterocycles. The summed E-state index contributed by atoms with van der Waals surface area (Å²) in [4.78, 5) is 14.3. The molecule has 104 valence electrons. The van der Waals surface area contributed by atoms with Crippen molar-refractivity contribution in [2.24, 2.45) is 11.3 Å². The molecular weight excluding hydrogens is 228 g/mol. The normalized spacial score (nSPS) is 34.1. The number of rotatable bonds is 4. The number of carbonyl (C=O) groups is 1. The van der Waals surface area contributed by atoms with E-state index in [1.165, 1.54) is 0 Å². The Balaban J connectivity index is 1.94. The first-order chi connectivity index (χ1) is 8.48. The van der Waals surface area contributed by atoms with Gasteiger partial charge < -0.3 is 15.0 Å². The highest BCUT2D eigenvalue weighted by Gasteiger charge is 2.52. The lowest BCUT2D eigenvalue weighted by Crippen LogP contribution is -2.63. The van der Waals surface area contributed by atoms with Crippen LogP contribution in [-0.2, 0) is 9.53 Å². The number of hydrogen-bond donors (Lipinski definition) is 1. The molecule has 1 N–H and O–H groups in total. The highest BCUT2D eigenvalue weighted by Crippen LogP contribution is 2.45. The maximum absolute atomic E-state index is 12.4. The molecule has 2 aliphatic rings. The van der Waals surface area contributed by atoms with Crippen LogP contribution in [0.15, 0.2) is 0 Å². The third kappa shape index (κ3) is 2.28. The Morgan fingerprint density at radius 3 is 2.72 bits per heavy atom. The summed E-state index contributed by atoms with van der Waals surface area (Å²) < 4.78 is 5.73. The van der Waals surface area contributed by atoms with Crippen LogP contribution in [0.3, 0.4) is 0 Å². The first-order valence-corrected chi connectivity index (χ1v) is 7.07. The third-order valence-electron chi connectivity index (χ3n) is 4.72. The topological polar surface area (TPSA) is 41.6 Å². The van der Waals surface area contributed by atoms with Crippen LogP contribution in [0.25, 0.3) is 0 Å². The molecule has 0 unspecified atom stereocenters. The molecule has 1 saturated carbocycles. The molecule has 1 heterocycles. The van der Waals surface area contributed by atoms with Gasteiger partial charge in [0.25, 0.3) is 0 Å². The van der Waals surface area contributed by atoms with Crippen molar-refractivity contribution < 1.29 is 9.53 Å². The quantitative estimate of drug-likeness (QED) is 0.821. The van der Waals surface area contributed by atoms with Crippen LogP contribution in [0, 0.1) is 11.3 Å². The highest BCUT2D eigenvalue weighted by atomic mass is 16.5. The molecule has 18 heavy (non-hydrogen) atoms. The summed E-state index contributed by atoms with van der Waals surface area (Å²) in [5, 5.41) is 3.26. The molecule has 1 aliphatic carbocycles. The number of nitrogens with zero attached hydrogens (tertiary/aromatic N) is 1. The zero-order chi connectivity index (χ0) is 13.3. The molecule has 0 bridgehead atoms. The van der Waals surface area contributed by atoms with Gasteiger partial charge in [0, 0.05) is 31.7 Å². The van der Waals surface area contributed by atoms with Gasteiger partial charge in [-0.1, -0.05) is 13.8 Å². The van der Waals surface area contributed by atoms with E-state index in [4.69, 9.17) is 4.74 Å². The highest BCUT2D eigenvalue weighted by molar-refractivity contribution is 5.79. The SMILES string of the molecule is CCO[C@@H]1C[C@H](N(C)C(=O)[C@H]2CCNC2)C1(C)C. The van der Waals surface area contributed by atoms with Crippen LogP contribution in [0.1, 0.15) is 33.6 Å². The molecule has 4 nitrogen and oxygen atoms in total. The summed E-state index contributed by atoms with van der Waals surface area (Å²) in [5.74, 6) is 0.477. The number of amides is 1. The molecular formula is C14H26N2O2. The second-order valence-corrected chi connectivity index (χ2v) is 6.16. The first kappa shape index (κ1) is 13.8.